The van der Waals surface area contributed by atoms with E-state index < -0.39 is 0 Å². The van der Waals surface area contributed by atoms with Crippen molar-refractivity contribution in [1.29, 1.82) is 0 Å². The van der Waals surface area contributed by atoms with Crippen molar-refractivity contribution in [2.45, 2.75) is 12.8 Å². The van der Waals surface area contributed by atoms with Gasteiger partial charge in [0.2, 0.25) is 0 Å². The Balaban J connectivity index is 1.77. The van der Waals surface area contributed by atoms with Gasteiger partial charge in [-0.3, -0.25) is 14.2 Å². The van der Waals surface area contributed by atoms with Crippen molar-refractivity contribution in [3.63, 3.8) is 0 Å². The van der Waals surface area contributed by atoms with Crippen molar-refractivity contribution < 1.29 is 4.79 Å². The molecule has 0 unspecified atom stereocenters. The Hall–Kier alpha value is -2.88. The standard InChI is InChI=1S/C20H18N2O2/c23-19(21-11-4-5-12-21)16-8-9-18-15(14-16)10-13-22(20(18)24)17-6-2-1-3-7-17/h1-3,6-10,13-14H,4-5,11-12H2. The van der Waals surface area contributed by atoms with Crippen LogP contribution in [0.3, 0.4) is 0 Å². The first kappa shape index (κ1) is 14.7. The zero-order valence-corrected chi connectivity index (χ0v) is 13.3. The fourth-order valence-corrected chi connectivity index (χ4v) is 3.28. The summed E-state index contributed by atoms with van der Waals surface area (Å²) in [6.45, 7) is 1.65. The molecule has 4 nitrogen and oxygen atoms in total. The monoisotopic (exact) mass is 318 g/mol. The van der Waals surface area contributed by atoms with Crippen LogP contribution in [0.15, 0.2) is 65.6 Å². The minimum atomic E-state index is -0.0705. The molecule has 1 amide bonds. The van der Waals surface area contributed by atoms with Crippen LogP contribution >= 0.6 is 0 Å². The molecule has 0 spiro atoms. The molecule has 1 aromatic heterocycles. The molecule has 0 aliphatic carbocycles. The summed E-state index contributed by atoms with van der Waals surface area (Å²) < 4.78 is 1.63. The van der Waals surface area contributed by atoms with Gasteiger partial charge in [0.1, 0.15) is 0 Å². The SMILES string of the molecule is O=C(c1ccc2c(=O)n(-c3ccccc3)ccc2c1)N1CCCC1. The second kappa shape index (κ2) is 5.96. The van der Waals surface area contributed by atoms with Gasteiger partial charge < -0.3 is 4.90 Å². The van der Waals surface area contributed by atoms with E-state index in [-0.39, 0.29) is 11.5 Å². The molecule has 0 atom stereocenters. The molecule has 2 heterocycles. The van der Waals surface area contributed by atoms with Crippen molar-refractivity contribution >= 4 is 16.7 Å². The van der Waals surface area contributed by atoms with E-state index >= 15 is 0 Å². The minimum absolute atomic E-state index is 0.0571. The molecule has 0 bridgehead atoms. The minimum Gasteiger partial charge on any atom is -0.339 e. The Kier molecular flexibility index (Phi) is 3.65. The van der Waals surface area contributed by atoms with Crippen LogP contribution in [0, 0.1) is 0 Å². The number of para-hydroxylation sites is 1. The molecule has 1 aliphatic heterocycles. The van der Waals surface area contributed by atoms with Crippen molar-refractivity contribution in [3.05, 3.63) is 76.7 Å². The molecule has 3 aromatic rings. The van der Waals surface area contributed by atoms with Gasteiger partial charge in [0.15, 0.2) is 0 Å². The zero-order valence-electron chi connectivity index (χ0n) is 13.3. The summed E-state index contributed by atoms with van der Waals surface area (Å²) in [6, 6.07) is 16.8. The highest BCUT2D eigenvalue weighted by Gasteiger charge is 2.19. The third-order valence-corrected chi connectivity index (χ3v) is 4.58. The number of benzene rings is 2. The first-order chi connectivity index (χ1) is 11.7. The van der Waals surface area contributed by atoms with Crippen LogP contribution in [0.5, 0.6) is 0 Å². The summed E-state index contributed by atoms with van der Waals surface area (Å²) in [5.74, 6) is 0.0571. The number of amides is 1. The largest absolute Gasteiger partial charge is 0.339 e. The van der Waals surface area contributed by atoms with Crippen LogP contribution in [0.2, 0.25) is 0 Å². The van der Waals surface area contributed by atoms with Crippen molar-refractivity contribution in [3.8, 4) is 5.69 Å². The molecule has 4 heteroatoms. The maximum absolute atomic E-state index is 12.7. The number of likely N-dealkylation sites (tertiary alicyclic amines) is 1. The molecule has 0 radical (unpaired) electrons. The summed E-state index contributed by atoms with van der Waals surface area (Å²) in [7, 11) is 0. The summed E-state index contributed by atoms with van der Waals surface area (Å²) in [6.07, 6.45) is 3.91. The molecule has 1 saturated heterocycles. The lowest BCUT2D eigenvalue weighted by molar-refractivity contribution is 0.0793. The number of hydrogen-bond acceptors (Lipinski definition) is 2. The quantitative estimate of drug-likeness (QED) is 0.728. The first-order valence-corrected chi connectivity index (χ1v) is 8.24. The third-order valence-electron chi connectivity index (χ3n) is 4.58. The van der Waals surface area contributed by atoms with Gasteiger partial charge in [0, 0.05) is 35.9 Å². The lowest BCUT2D eigenvalue weighted by atomic mass is 10.1. The van der Waals surface area contributed by atoms with E-state index in [1.165, 1.54) is 0 Å². The second-order valence-corrected chi connectivity index (χ2v) is 6.13. The lowest BCUT2D eigenvalue weighted by Gasteiger charge is -2.15. The van der Waals surface area contributed by atoms with E-state index in [0.29, 0.717) is 10.9 Å². The predicted octanol–water partition coefficient (Wildman–Crippen LogP) is 3.23. The number of aromatic nitrogens is 1. The van der Waals surface area contributed by atoms with Crippen LogP contribution in [0.25, 0.3) is 16.5 Å². The van der Waals surface area contributed by atoms with E-state index in [1.807, 2.05) is 47.4 Å². The smallest absolute Gasteiger partial charge is 0.262 e. The predicted molar refractivity (Wildman–Crippen MR) is 94.7 cm³/mol. The van der Waals surface area contributed by atoms with Gasteiger partial charge in [0.05, 0.1) is 0 Å². The van der Waals surface area contributed by atoms with Crippen LogP contribution in [-0.4, -0.2) is 28.5 Å². The molecule has 2 aromatic carbocycles. The van der Waals surface area contributed by atoms with Gasteiger partial charge in [0.25, 0.3) is 11.5 Å². The van der Waals surface area contributed by atoms with E-state index in [0.717, 1.165) is 37.0 Å². The van der Waals surface area contributed by atoms with Gasteiger partial charge in [-0.15, -0.1) is 0 Å². The molecule has 1 aliphatic rings. The first-order valence-electron chi connectivity index (χ1n) is 8.24. The van der Waals surface area contributed by atoms with Crippen molar-refractivity contribution in [2.75, 3.05) is 13.1 Å². The Morgan fingerprint density at radius 1 is 0.917 bits per heavy atom. The van der Waals surface area contributed by atoms with Crippen LogP contribution < -0.4 is 5.56 Å². The fraction of sp³-hybridized carbons (Fsp3) is 0.200. The highest BCUT2D eigenvalue weighted by Crippen LogP contribution is 2.18. The average Bonchev–Trinajstić information content (AvgIpc) is 3.16. The van der Waals surface area contributed by atoms with Crippen LogP contribution in [0.1, 0.15) is 23.2 Å². The van der Waals surface area contributed by atoms with Gasteiger partial charge in [-0.05, 0) is 54.6 Å². The summed E-state index contributed by atoms with van der Waals surface area (Å²) >= 11 is 0. The summed E-state index contributed by atoms with van der Waals surface area (Å²) in [5.41, 5.74) is 1.42. The Morgan fingerprint density at radius 3 is 2.42 bits per heavy atom. The van der Waals surface area contributed by atoms with Gasteiger partial charge in [-0.25, -0.2) is 0 Å². The van der Waals surface area contributed by atoms with E-state index in [4.69, 9.17) is 0 Å². The highest BCUT2D eigenvalue weighted by atomic mass is 16.2. The summed E-state index contributed by atoms with van der Waals surface area (Å²) in [4.78, 5) is 27.1. The number of fused-ring (bicyclic) bond motifs is 1. The normalized spacial score (nSPS) is 14.2. The van der Waals surface area contributed by atoms with Gasteiger partial charge in [-0.2, -0.15) is 0 Å². The molecule has 120 valence electrons. The van der Waals surface area contributed by atoms with Gasteiger partial charge in [-0.1, -0.05) is 18.2 Å². The Bertz CT molecular complexity index is 954. The Labute approximate surface area is 140 Å². The van der Waals surface area contributed by atoms with Crippen molar-refractivity contribution in [1.82, 2.24) is 9.47 Å². The highest BCUT2D eigenvalue weighted by molar-refractivity contribution is 5.98. The van der Waals surface area contributed by atoms with E-state index in [2.05, 4.69) is 0 Å². The Morgan fingerprint density at radius 2 is 1.67 bits per heavy atom. The molecular formula is C20H18N2O2. The molecule has 1 fully saturated rings. The topological polar surface area (TPSA) is 42.3 Å². The summed E-state index contributed by atoms with van der Waals surface area (Å²) in [5, 5.41) is 1.43. The third kappa shape index (κ3) is 2.50. The number of pyridine rings is 1. The molecule has 24 heavy (non-hydrogen) atoms. The van der Waals surface area contributed by atoms with Crippen LogP contribution in [-0.2, 0) is 0 Å². The van der Waals surface area contributed by atoms with E-state index in [9.17, 15) is 9.59 Å². The number of nitrogens with zero attached hydrogens (tertiary/aromatic N) is 2. The zero-order chi connectivity index (χ0) is 16.5. The van der Waals surface area contributed by atoms with Crippen LogP contribution in [0.4, 0.5) is 0 Å². The lowest BCUT2D eigenvalue weighted by Crippen LogP contribution is -2.27. The molecule has 0 N–H and O–H groups in total. The van der Waals surface area contributed by atoms with Gasteiger partial charge >= 0.3 is 0 Å². The number of hydrogen-bond donors (Lipinski definition) is 0. The average molecular weight is 318 g/mol. The number of rotatable bonds is 2. The van der Waals surface area contributed by atoms with Crippen molar-refractivity contribution in [2.24, 2.45) is 0 Å². The maximum Gasteiger partial charge on any atom is 0.262 e. The molecule has 0 saturated carbocycles. The number of carbonyl (C=O) groups excluding carboxylic acids is 1. The molecular weight excluding hydrogens is 300 g/mol. The van der Waals surface area contributed by atoms with E-state index in [1.54, 1.807) is 22.9 Å². The fourth-order valence-electron chi connectivity index (χ4n) is 3.28. The number of carbonyl (C=O) groups is 1. The molecule has 4 rings (SSSR count). The second-order valence-electron chi connectivity index (χ2n) is 6.13. The maximum atomic E-state index is 12.7.